The van der Waals surface area contributed by atoms with E-state index in [1.807, 2.05) is 48.5 Å². The molecule has 0 aliphatic rings. The number of aromatic amines is 2. The molecule has 2 aromatic carbocycles. The highest BCUT2D eigenvalue weighted by Gasteiger charge is 2.11. The second kappa shape index (κ2) is 7.37. The number of halogens is 1. The predicted molar refractivity (Wildman–Crippen MR) is 99.7 cm³/mol. The average Bonchev–Trinajstić information content (AvgIpc) is 3.03. The second-order valence-electron chi connectivity index (χ2n) is 4.95. The van der Waals surface area contributed by atoms with Crippen LogP contribution in [-0.2, 0) is 0 Å². The third-order valence-electron chi connectivity index (χ3n) is 3.22. The first-order valence-corrected chi connectivity index (χ1v) is 8.31. The Morgan fingerprint density at radius 3 is 2.42 bits per heavy atom. The van der Waals surface area contributed by atoms with Crippen LogP contribution in [0.2, 0.25) is 0 Å². The zero-order valence-electron chi connectivity index (χ0n) is 12.4. The van der Waals surface area contributed by atoms with Gasteiger partial charge >= 0.3 is 0 Å². The van der Waals surface area contributed by atoms with Crippen LogP contribution in [-0.4, -0.2) is 21.1 Å². The van der Waals surface area contributed by atoms with Crippen LogP contribution in [0.3, 0.4) is 0 Å². The van der Waals surface area contributed by atoms with E-state index in [4.69, 9.17) is 12.2 Å². The lowest BCUT2D eigenvalue weighted by Crippen LogP contribution is -2.22. The number of nitrogens with zero attached hydrogens (tertiary/aromatic N) is 1. The quantitative estimate of drug-likeness (QED) is 0.575. The Hall–Kier alpha value is -2.51. The Balaban J connectivity index is 1.95. The van der Waals surface area contributed by atoms with Crippen LogP contribution < -0.4 is 5.32 Å². The SMILES string of the molecule is O=C(NC(=Cc1ccc(Br)cc1)c1nc(=S)[nH][nH]1)c1ccccc1. The highest BCUT2D eigenvalue weighted by molar-refractivity contribution is 9.10. The molecule has 0 saturated heterocycles. The van der Waals surface area contributed by atoms with E-state index in [2.05, 4.69) is 36.4 Å². The van der Waals surface area contributed by atoms with Crippen LogP contribution in [0.1, 0.15) is 21.7 Å². The Bertz CT molecular complexity index is 929. The van der Waals surface area contributed by atoms with Gasteiger partial charge in [-0.3, -0.25) is 15.0 Å². The molecule has 0 unspecified atom stereocenters. The van der Waals surface area contributed by atoms with Crippen molar-refractivity contribution in [3.63, 3.8) is 0 Å². The predicted octanol–water partition coefficient (Wildman–Crippen LogP) is 4.16. The number of carbonyl (C=O) groups is 1. The van der Waals surface area contributed by atoms with Crippen LogP contribution in [0.4, 0.5) is 0 Å². The first kappa shape index (κ1) is 16.4. The molecule has 0 aliphatic heterocycles. The number of amides is 1. The number of H-pyrrole nitrogens is 2. The van der Waals surface area contributed by atoms with Gasteiger partial charge in [-0.1, -0.05) is 46.3 Å². The molecular weight excluding hydrogens is 388 g/mol. The van der Waals surface area contributed by atoms with Gasteiger partial charge in [-0.25, -0.2) is 0 Å². The first-order valence-electron chi connectivity index (χ1n) is 7.10. The number of rotatable bonds is 4. The molecular formula is C17H13BrN4OS. The smallest absolute Gasteiger partial charge is 0.255 e. The van der Waals surface area contributed by atoms with Gasteiger partial charge in [-0.15, -0.1) is 0 Å². The van der Waals surface area contributed by atoms with Crippen molar-refractivity contribution >= 4 is 45.8 Å². The second-order valence-corrected chi connectivity index (χ2v) is 6.25. The summed E-state index contributed by atoms with van der Waals surface area (Å²) in [4.78, 5) is 16.6. The van der Waals surface area contributed by atoms with E-state index in [0.717, 1.165) is 10.0 Å². The fraction of sp³-hybridized carbons (Fsp3) is 0. The van der Waals surface area contributed by atoms with Crippen LogP contribution in [0.5, 0.6) is 0 Å². The number of benzene rings is 2. The summed E-state index contributed by atoms with van der Waals surface area (Å²) in [5, 5.41) is 8.47. The lowest BCUT2D eigenvalue weighted by molar-refractivity contribution is 0.0973. The minimum atomic E-state index is -0.221. The Kier molecular flexibility index (Phi) is 5.02. The molecule has 7 heteroatoms. The molecule has 0 saturated carbocycles. The lowest BCUT2D eigenvalue weighted by atomic mass is 10.1. The largest absolute Gasteiger partial charge is 0.319 e. The molecule has 24 heavy (non-hydrogen) atoms. The Morgan fingerprint density at radius 1 is 1.08 bits per heavy atom. The van der Waals surface area contributed by atoms with Gasteiger partial charge in [0.15, 0.2) is 5.82 Å². The molecule has 3 N–H and O–H groups in total. The van der Waals surface area contributed by atoms with Gasteiger partial charge in [0.1, 0.15) is 0 Å². The number of hydrogen-bond acceptors (Lipinski definition) is 3. The van der Waals surface area contributed by atoms with Crippen molar-refractivity contribution in [1.82, 2.24) is 20.5 Å². The normalized spacial score (nSPS) is 11.3. The summed E-state index contributed by atoms with van der Waals surface area (Å²) in [6.45, 7) is 0. The van der Waals surface area contributed by atoms with Gasteiger partial charge in [0.25, 0.3) is 5.91 Å². The first-order chi connectivity index (χ1) is 11.6. The summed E-state index contributed by atoms with van der Waals surface area (Å²) in [7, 11) is 0. The van der Waals surface area contributed by atoms with Crippen molar-refractivity contribution in [3.8, 4) is 0 Å². The molecule has 0 radical (unpaired) electrons. The van der Waals surface area contributed by atoms with E-state index >= 15 is 0 Å². The van der Waals surface area contributed by atoms with Gasteiger partial charge < -0.3 is 5.32 Å². The van der Waals surface area contributed by atoms with Crippen LogP contribution >= 0.6 is 28.1 Å². The van der Waals surface area contributed by atoms with Crippen LogP contribution in [0.15, 0.2) is 59.1 Å². The number of nitrogens with one attached hydrogen (secondary N) is 3. The van der Waals surface area contributed by atoms with Crippen molar-refractivity contribution < 1.29 is 4.79 Å². The third-order valence-corrected chi connectivity index (χ3v) is 3.94. The topological polar surface area (TPSA) is 73.6 Å². The summed E-state index contributed by atoms with van der Waals surface area (Å²) in [6.07, 6.45) is 1.83. The minimum Gasteiger partial charge on any atom is -0.319 e. The maximum absolute atomic E-state index is 12.4. The molecule has 0 fully saturated rings. The van der Waals surface area contributed by atoms with Crippen molar-refractivity contribution in [2.45, 2.75) is 0 Å². The van der Waals surface area contributed by atoms with Gasteiger partial charge in [-0.05, 0) is 48.1 Å². The molecule has 120 valence electrons. The van der Waals surface area contributed by atoms with E-state index in [0.29, 0.717) is 21.9 Å². The van der Waals surface area contributed by atoms with E-state index in [9.17, 15) is 4.79 Å². The minimum absolute atomic E-state index is 0.221. The Morgan fingerprint density at radius 2 is 1.79 bits per heavy atom. The molecule has 1 heterocycles. The molecule has 3 rings (SSSR count). The summed E-state index contributed by atoms with van der Waals surface area (Å²) >= 11 is 8.40. The summed E-state index contributed by atoms with van der Waals surface area (Å²) in [5.74, 6) is 0.244. The monoisotopic (exact) mass is 400 g/mol. The molecule has 0 atom stereocenters. The molecule has 0 aliphatic carbocycles. The lowest BCUT2D eigenvalue weighted by Gasteiger charge is -2.08. The van der Waals surface area contributed by atoms with Crippen molar-refractivity contribution in [2.75, 3.05) is 0 Å². The zero-order valence-corrected chi connectivity index (χ0v) is 14.8. The van der Waals surface area contributed by atoms with Gasteiger partial charge in [0, 0.05) is 10.0 Å². The summed E-state index contributed by atoms with van der Waals surface area (Å²) in [6, 6.07) is 16.7. The number of hydrogen-bond donors (Lipinski definition) is 3. The Labute approximate surface area is 152 Å². The fourth-order valence-electron chi connectivity index (χ4n) is 2.07. The maximum Gasteiger partial charge on any atom is 0.255 e. The van der Waals surface area contributed by atoms with E-state index < -0.39 is 0 Å². The summed E-state index contributed by atoms with van der Waals surface area (Å²) < 4.78 is 1.30. The van der Waals surface area contributed by atoms with Gasteiger partial charge in [0.2, 0.25) is 4.77 Å². The molecule has 5 nitrogen and oxygen atoms in total. The van der Waals surface area contributed by atoms with E-state index in [1.165, 1.54) is 0 Å². The fourth-order valence-corrected chi connectivity index (χ4v) is 2.48. The zero-order chi connectivity index (χ0) is 16.9. The van der Waals surface area contributed by atoms with Crippen molar-refractivity contribution in [2.24, 2.45) is 0 Å². The molecule has 1 aromatic heterocycles. The van der Waals surface area contributed by atoms with Gasteiger partial charge in [-0.2, -0.15) is 4.98 Å². The average molecular weight is 401 g/mol. The maximum atomic E-state index is 12.4. The highest BCUT2D eigenvalue weighted by Crippen LogP contribution is 2.16. The molecule has 1 amide bonds. The molecule has 0 bridgehead atoms. The van der Waals surface area contributed by atoms with Crippen LogP contribution in [0.25, 0.3) is 11.8 Å². The highest BCUT2D eigenvalue weighted by atomic mass is 79.9. The number of carbonyl (C=O) groups excluding carboxylic acids is 1. The molecule has 0 spiro atoms. The van der Waals surface area contributed by atoms with Crippen LogP contribution in [0, 0.1) is 4.77 Å². The standard InChI is InChI=1S/C17H13BrN4OS/c18-13-8-6-11(7-9-13)10-14(15-20-17(24)22-21-15)19-16(23)12-4-2-1-3-5-12/h1-10H,(H,19,23)(H2,20,21,22,24). The number of aromatic nitrogens is 3. The van der Waals surface area contributed by atoms with E-state index in [-0.39, 0.29) is 5.91 Å². The van der Waals surface area contributed by atoms with E-state index in [1.54, 1.807) is 12.1 Å². The van der Waals surface area contributed by atoms with Crippen molar-refractivity contribution in [1.29, 1.82) is 0 Å². The molecule has 3 aromatic rings. The van der Waals surface area contributed by atoms with Gasteiger partial charge in [0.05, 0.1) is 5.70 Å². The third kappa shape index (κ3) is 4.06. The summed E-state index contributed by atoms with van der Waals surface area (Å²) in [5.41, 5.74) is 2.01. The van der Waals surface area contributed by atoms with Crippen molar-refractivity contribution in [3.05, 3.63) is 80.8 Å².